The summed E-state index contributed by atoms with van der Waals surface area (Å²) >= 11 is 0. The molecular formula is C21H25N3O2. The van der Waals surface area contributed by atoms with Crippen molar-refractivity contribution >= 4 is 17.5 Å². The van der Waals surface area contributed by atoms with Crippen LogP contribution in [0.5, 0.6) is 0 Å². The Kier molecular flexibility index (Phi) is 6.02. The summed E-state index contributed by atoms with van der Waals surface area (Å²) in [4.78, 5) is 26.2. The Hall–Kier alpha value is -2.66. The van der Waals surface area contributed by atoms with Gasteiger partial charge in [-0.3, -0.25) is 14.9 Å². The molecule has 1 heterocycles. The first-order valence-corrected chi connectivity index (χ1v) is 9.07. The van der Waals surface area contributed by atoms with E-state index in [9.17, 15) is 9.59 Å². The van der Waals surface area contributed by atoms with Crippen LogP contribution >= 0.6 is 0 Å². The number of anilines is 1. The molecule has 1 aliphatic rings. The van der Waals surface area contributed by atoms with Gasteiger partial charge in [0.15, 0.2) is 0 Å². The summed E-state index contributed by atoms with van der Waals surface area (Å²) in [6, 6.07) is 17.2. The number of amides is 2. The van der Waals surface area contributed by atoms with Crippen molar-refractivity contribution in [2.45, 2.75) is 32.4 Å². The van der Waals surface area contributed by atoms with Gasteiger partial charge in [-0.05, 0) is 36.1 Å². The molecule has 0 unspecified atom stereocenters. The minimum absolute atomic E-state index is 0.0958. The number of hydrogen-bond donors (Lipinski definition) is 2. The van der Waals surface area contributed by atoms with Gasteiger partial charge in [0.05, 0.1) is 0 Å². The zero-order valence-corrected chi connectivity index (χ0v) is 15.1. The Balaban J connectivity index is 1.73. The lowest BCUT2D eigenvalue weighted by Gasteiger charge is -2.24. The molecule has 5 heteroatoms. The first-order chi connectivity index (χ1) is 12.6. The number of carbonyl (C=O) groups is 2. The summed E-state index contributed by atoms with van der Waals surface area (Å²) in [5, 5.41) is 6.20. The normalized spacial score (nSPS) is 14.9. The van der Waals surface area contributed by atoms with Gasteiger partial charge >= 0.3 is 0 Å². The zero-order valence-electron chi connectivity index (χ0n) is 15.1. The molecule has 1 aliphatic heterocycles. The molecule has 26 heavy (non-hydrogen) atoms. The van der Waals surface area contributed by atoms with E-state index in [0.717, 1.165) is 42.7 Å². The topological polar surface area (TPSA) is 61.4 Å². The first kappa shape index (κ1) is 18.1. The quantitative estimate of drug-likeness (QED) is 0.841. The predicted octanol–water partition coefficient (Wildman–Crippen LogP) is 3.10. The molecule has 2 aromatic carbocycles. The van der Waals surface area contributed by atoms with Gasteiger partial charge in [-0.25, -0.2) is 0 Å². The lowest BCUT2D eigenvalue weighted by Crippen LogP contribution is -2.39. The maximum absolute atomic E-state index is 13.0. The van der Waals surface area contributed by atoms with Crippen molar-refractivity contribution in [1.82, 2.24) is 10.2 Å². The minimum atomic E-state index is -0.362. The third-order valence-electron chi connectivity index (χ3n) is 4.56. The highest BCUT2D eigenvalue weighted by Gasteiger charge is 2.27. The van der Waals surface area contributed by atoms with Crippen LogP contribution in [0.25, 0.3) is 0 Å². The molecule has 2 aromatic rings. The maximum Gasteiger partial charge on any atom is 0.244 e. The Morgan fingerprint density at radius 3 is 2.46 bits per heavy atom. The molecule has 136 valence electrons. The van der Waals surface area contributed by atoms with Crippen LogP contribution in [-0.4, -0.2) is 29.8 Å². The molecule has 2 amide bonds. The summed E-state index contributed by atoms with van der Waals surface area (Å²) in [6.07, 6.45) is 2.15. The Morgan fingerprint density at radius 1 is 1.04 bits per heavy atom. The van der Waals surface area contributed by atoms with E-state index in [1.54, 1.807) is 0 Å². The van der Waals surface area contributed by atoms with Gasteiger partial charge in [-0.15, -0.1) is 0 Å². The maximum atomic E-state index is 13.0. The van der Waals surface area contributed by atoms with Crippen LogP contribution in [0.15, 0.2) is 54.6 Å². The second-order valence-corrected chi connectivity index (χ2v) is 6.64. The van der Waals surface area contributed by atoms with Crippen molar-refractivity contribution in [3.05, 3.63) is 65.7 Å². The van der Waals surface area contributed by atoms with Gasteiger partial charge < -0.3 is 10.2 Å². The molecule has 0 bridgehead atoms. The Morgan fingerprint density at radius 2 is 1.77 bits per heavy atom. The molecular weight excluding hydrogens is 326 g/mol. The summed E-state index contributed by atoms with van der Waals surface area (Å²) in [7, 11) is 0. The van der Waals surface area contributed by atoms with Crippen molar-refractivity contribution in [3.63, 3.8) is 0 Å². The van der Waals surface area contributed by atoms with Crippen molar-refractivity contribution < 1.29 is 9.59 Å². The SMILES string of the molecule is CC(=O)Nc1cccc(CN[C@@H](C(=O)N2CCCC2)c2ccccc2)c1. The number of nitrogens with zero attached hydrogens (tertiary/aromatic N) is 1. The highest BCUT2D eigenvalue weighted by atomic mass is 16.2. The van der Waals surface area contributed by atoms with Gasteiger partial charge in [0, 0.05) is 32.2 Å². The highest BCUT2D eigenvalue weighted by molar-refractivity contribution is 5.88. The summed E-state index contributed by atoms with van der Waals surface area (Å²) < 4.78 is 0. The fourth-order valence-corrected chi connectivity index (χ4v) is 3.30. The smallest absolute Gasteiger partial charge is 0.244 e. The van der Waals surface area contributed by atoms with Gasteiger partial charge in [-0.1, -0.05) is 42.5 Å². The largest absolute Gasteiger partial charge is 0.341 e. The summed E-state index contributed by atoms with van der Waals surface area (Å²) in [5.74, 6) is 0.0354. The molecule has 0 radical (unpaired) electrons. The van der Waals surface area contributed by atoms with Crippen LogP contribution in [0.3, 0.4) is 0 Å². The van der Waals surface area contributed by atoms with Crippen LogP contribution in [0.4, 0.5) is 5.69 Å². The molecule has 1 saturated heterocycles. The molecule has 0 spiro atoms. The average molecular weight is 351 g/mol. The number of nitrogens with one attached hydrogen (secondary N) is 2. The van der Waals surface area contributed by atoms with Crippen molar-refractivity contribution in [1.29, 1.82) is 0 Å². The van der Waals surface area contributed by atoms with E-state index in [1.807, 2.05) is 59.5 Å². The number of carbonyl (C=O) groups excluding carboxylic acids is 2. The second kappa shape index (κ2) is 8.63. The van der Waals surface area contributed by atoms with E-state index < -0.39 is 0 Å². The number of rotatable bonds is 6. The lowest BCUT2D eigenvalue weighted by molar-refractivity contribution is -0.132. The van der Waals surface area contributed by atoms with E-state index in [2.05, 4.69) is 10.6 Å². The van der Waals surface area contributed by atoms with Gasteiger partial charge in [0.1, 0.15) is 6.04 Å². The van der Waals surface area contributed by atoms with Crippen LogP contribution in [0.2, 0.25) is 0 Å². The Labute approximate surface area is 154 Å². The van der Waals surface area contributed by atoms with Gasteiger partial charge in [-0.2, -0.15) is 0 Å². The fourth-order valence-electron chi connectivity index (χ4n) is 3.30. The predicted molar refractivity (Wildman–Crippen MR) is 103 cm³/mol. The van der Waals surface area contributed by atoms with E-state index >= 15 is 0 Å². The molecule has 1 fully saturated rings. The molecule has 1 atom stereocenters. The van der Waals surface area contributed by atoms with Crippen molar-refractivity contribution in [2.24, 2.45) is 0 Å². The molecule has 3 rings (SSSR count). The fraction of sp³-hybridized carbons (Fsp3) is 0.333. The van der Waals surface area contributed by atoms with E-state index in [4.69, 9.17) is 0 Å². The monoisotopic (exact) mass is 351 g/mol. The Bertz CT molecular complexity index is 755. The van der Waals surface area contributed by atoms with Crippen LogP contribution < -0.4 is 10.6 Å². The third kappa shape index (κ3) is 4.70. The highest BCUT2D eigenvalue weighted by Crippen LogP contribution is 2.20. The third-order valence-corrected chi connectivity index (χ3v) is 4.56. The summed E-state index contributed by atoms with van der Waals surface area (Å²) in [5.41, 5.74) is 2.76. The second-order valence-electron chi connectivity index (χ2n) is 6.64. The van der Waals surface area contributed by atoms with E-state index in [1.165, 1.54) is 6.92 Å². The van der Waals surface area contributed by atoms with Crippen molar-refractivity contribution in [3.8, 4) is 0 Å². The molecule has 5 nitrogen and oxygen atoms in total. The molecule has 0 aliphatic carbocycles. The number of likely N-dealkylation sites (tertiary alicyclic amines) is 1. The van der Waals surface area contributed by atoms with Crippen LogP contribution in [0.1, 0.15) is 36.9 Å². The zero-order chi connectivity index (χ0) is 18.4. The number of hydrogen-bond acceptors (Lipinski definition) is 3. The minimum Gasteiger partial charge on any atom is -0.341 e. The standard InChI is InChI=1S/C21H25N3O2/c1-16(25)23-19-11-7-8-17(14-19)15-22-20(18-9-3-2-4-10-18)21(26)24-12-5-6-13-24/h2-4,7-11,14,20,22H,5-6,12-13,15H2,1H3,(H,23,25)/t20-/m1/s1. The molecule has 0 aromatic heterocycles. The van der Waals surface area contributed by atoms with E-state index in [0.29, 0.717) is 6.54 Å². The van der Waals surface area contributed by atoms with Crippen LogP contribution in [0, 0.1) is 0 Å². The number of benzene rings is 2. The van der Waals surface area contributed by atoms with E-state index in [-0.39, 0.29) is 17.9 Å². The molecule has 0 saturated carbocycles. The average Bonchev–Trinajstić information content (AvgIpc) is 3.17. The summed E-state index contributed by atoms with van der Waals surface area (Å²) in [6.45, 7) is 3.71. The van der Waals surface area contributed by atoms with Gasteiger partial charge in [0.2, 0.25) is 11.8 Å². The van der Waals surface area contributed by atoms with Crippen molar-refractivity contribution in [2.75, 3.05) is 18.4 Å². The lowest BCUT2D eigenvalue weighted by atomic mass is 10.0. The first-order valence-electron chi connectivity index (χ1n) is 9.07. The van der Waals surface area contributed by atoms with Crippen LogP contribution in [-0.2, 0) is 16.1 Å². The van der Waals surface area contributed by atoms with Gasteiger partial charge in [0.25, 0.3) is 0 Å². The molecule has 2 N–H and O–H groups in total.